The molecule has 162 valence electrons. The van der Waals surface area contributed by atoms with Gasteiger partial charge in [-0.3, -0.25) is 14.2 Å². The average Bonchev–Trinajstić information content (AvgIpc) is 3.38. The first kappa shape index (κ1) is 20.1. The molecule has 0 saturated heterocycles. The topological polar surface area (TPSA) is 120 Å². The summed E-state index contributed by atoms with van der Waals surface area (Å²) in [5, 5.41) is 18.8. The summed E-state index contributed by atoms with van der Waals surface area (Å²) in [6, 6.07) is 19.6. The molecular formula is C23H18N8O2. The Morgan fingerprint density at radius 2 is 1.73 bits per heavy atom. The van der Waals surface area contributed by atoms with Crippen molar-refractivity contribution in [3.05, 3.63) is 95.8 Å². The number of carbonyl (C=O) groups is 1. The summed E-state index contributed by atoms with van der Waals surface area (Å²) >= 11 is 0. The fourth-order valence-corrected chi connectivity index (χ4v) is 3.28. The second-order valence-corrected chi connectivity index (χ2v) is 7.17. The van der Waals surface area contributed by atoms with Gasteiger partial charge in [0.15, 0.2) is 11.6 Å². The summed E-state index contributed by atoms with van der Waals surface area (Å²) in [7, 11) is 0. The molecule has 0 unspecified atom stereocenters. The number of benzene rings is 2. The van der Waals surface area contributed by atoms with E-state index in [9.17, 15) is 9.59 Å². The lowest BCUT2D eigenvalue weighted by Crippen LogP contribution is -2.27. The first-order valence-electron chi connectivity index (χ1n) is 10.1. The van der Waals surface area contributed by atoms with Crippen molar-refractivity contribution in [3.63, 3.8) is 0 Å². The molecular weight excluding hydrogens is 420 g/mol. The average molecular weight is 438 g/mol. The van der Waals surface area contributed by atoms with E-state index in [1.54, 1.807) is 59.5 Å². The summed E-state index contributed by atoms with van der Waals surface area (Å²) in [5.41, 5.74) is 1.73. The van der Waals surface area contributed by atoms with E-state index in [0.717, 1.165) is 5.69 Å². The van der Waals surface area contributed by atoms with Gasteiger partial charge < -0.3 is 10.6 Å². The molecule has 5 aromatic rings. The first-order chi connectivity index (χ1) is 16.2. The second kappa shape index (κ2) is 8.71. The quantitative estimate of drug-likeness (QED) is 0.418. The minimum Gasteiger partial charge on any atom is -0.339 e. The molecule has 0 aliphatic rings. The third kappa shape index (κ3) is 4.44. The highest BCUT2D eigenvalue weighted by atomic mass is 16.2. The van der Waals surface area contributed by atoms with Crippen LogP contribution in [0.4, 0.5) is 17.2 Å². The molecule has 10 nitrogen and oxygen atoms in total. The van der Waals surface area contributed by atoms with Crippen LogP contribution in [0.25, 0.3) is 16.7 Å². The minimum atomic E-state index is -0.324. The zero-order valence-electron chi connectivity index (χ0n) is 17.3. The predicted octanol–water partition coefficient (Wildman–Crippen LogP) is 2.75. The number of amides is 1. The number of rotatable bonds is 6. The Hall–Kier alpha value is -4.86. The minimum absolute atomic E-state index is 0.130. The molecule has 2 aromatic carbocycles. The van der Waals surface area contributed by atoms with Crippen molar-refractivity contribution >= 4 is 34.0 Å². The largest absolute Gasteiger partial charge is 0.339 e. The molecule has 5 rings (SSSR count). The van der Waals surface area contributed by atoms with Gasteiger partial charge in [-0.15, -0.1) is 10.2 Å². The first-order valence-corrected chi connectivity index (χ1v) is 10.1. The number of nitrogens with zero attached hydrogens (tertiary/aromatic N) is 6. The number of para-hydroxylation sites is 1. The van der Waals surface area contributed by atoms with Gasteiger partial charge in [-0.2, -0.15) is 5.10 Å². The number of anilines is 3. The van der Waals surface area contributed by atoms with E-state index in [1.165, 1.54) is 10.9 Å². The zero-order chi connectivity index (χ0) is 22.6. The Balaban J connectivity index is 1.21. The van der Waals surface area contributed by atoms with Gasteiger partial charge in [0.05, 0.1) is 17.2 Å². The van der Waals surface area contributed by atoms with Crippen molar-refractivity contribution in [1.29, 1.82) is 0 Å². The zero-order valence-corrected chi connectivity index (χ0v) is 17.3. The molecule has 0 aliphatic carbocycles. The van der Waals surface area contributed by atoms with Crippen LogP contribution in [0, 0.1) is 0 Å². The molecule has 0 aliphatic heterocycles. The molecule has 10 heteroatoms. The maximum atomic E-state index is 12.5. The van der Waals surface area contributed by atoms with Crippen LogP contribution in [0.5, 0.6) is 0 Å². The highest BCUT2D eigenvalue weighted by molar-refractivity contribution is 5.91. The normalized spacial score (nSPS) is 10.8. The van der Waals surface area contributed by atoms with E-state index < -0.39 is 0 Å². The van der Waals surface area contributed by atoms with E-state index >= 15 is 0 Å². The summed E-state index contributed by atoms with van der Waals surface area (Å²) in [6.07, 6.45) is 4.85. The Morgan fingerprint density at radius 1 is 0.909 bits per heavy atom. The van der Waals surface area contributed by atoms with Crippen LogP contribution >= 0.6 is 0 Å². The van der Waals surface area contributed by atoms with Crippen LogP contribution in [0.1, 0.15) is 0 Å². The van der Waals surface area contributed by atoms with Crippen LogP contribution in [-0.2, 0) is 11.3 Å². The van der Waals surface area contributed by atoms with Gasteiger partial charge in [0.25, 0.3) is 5.56 Å². The van der Waals surface area contributed by atoms with Crippen molar-refractivity contribution in [3.8, 4) is 5.82 Å². The van der Waals surface area contributed by atoms with Gasteiger partial charge in [0.1, 0.15) is 6.54 Å². The number of fused-ring (bicyclic) bond motifs is 1. The maximum Gasteiger partial charge on any atom is 0.261 e. The lowest BCUT2D eigenvalue weighted by molar-refractivity contribution is -0.116. The predicted molar refractivity (Wildman–Crippen MR) is 124 cm³/mol. The molecule has 0 atom stereocenters. The van der Waals surface area contributed by atoms with E-state index in [0.29, 0.717) is 28.2 Å². The van der Waals surface area contributed by atoms with E-state index in [-0.39, 0.29) is 18.0 Å². The summed E-state index contributed by atoms with van der Waals surface area (Å²) in [6.45, 7) is -0.130. The second-order valence-electron chi connectivity index (χ2n) is 7.17. The summed E-state index contributed by atoms with van der Waals surface area (Å²) in [4.78, 5) is 29.2. The van der Waals surface area contributed by atoms with Crippen LogP contribution in [0.3, 0.4) is 0 Å². The van der Waals surface area contributed by atoms with Gasteiger partial charge in [-0.05, 0) is 54.6 Å². The van der Waals surface area contributed by atoms with Gasteiger partial charge in [0.2, 0.25) is 5.91 Å². The number of carbonyl (C=O) groups excluding carboxylic acids is 1. The van der Waals surface area contributed by atoms with Crippen LogP contribution in [0.15, 0.2) is 90.2 Å². The summed E-state index contributed by atoms with van der Waals surface area (Å²) < 4.78 is 2.91. The monoisotopic (exact) mass is 438 g/mol. The molecule has 0 bridgehead atoms. The summed E-state index contributed by atoms with van der Waals surface area (Å²) in [5.74, 6) is 0.866. The molecule has 2 N–H and O–H groups in total. The smallest absolute Gasteiger partial charge is 0.261 e. The Bertz CT molecular complexity index is 1460. The Labute approximate surface area is 187 Å². The molecule has 0 spiro atoms. The molecule has 1 amide bonds. The van der Waals surface area contributed by atoms with Gasteiger partial charge in [-0.1, -0.05) is 12.1 Å². The third-order valence-electron chi connectivity index (χ3n) is 4.88. The van der Waals surface area contributed by atoms with E-state index in [1.807, 2.05) is 24.3 Å². The van der Waals surface area contributed by atoms with Crippen LogP contribution in [-0.4, -0.2) is 35.4 Å². The molecule has 0 radical (unpaired) electrons. The Morgan fingerprint density at radius 3 is 2.48 bits per heavy atom. The lowest BCUT2D eigenvalue weighted by Gasteiger charge is -2.09. The van der Waals surface area contributed by atoms with Gasteiger partial charge in [0, 0.05) is 23.8 Å². The number of hydrogen-bond donors (Lipinski definition) is 2. The highest BCUT2D eigenvalue weighted by Crippen LogP contribution is 2.18. The fourth-order valence-electron chi connectivity index (χ4n) is 3.28. The van der Waals surface area contributed by atoms with E-state index in [2.05, 4.69) is 30.9 Å². The standard InChI is InChI=1S/C23H18N8O2/c32-22(14-30-15-24-19-5-2-1-4-18(19)23(30)33)27-17-8-6-16(7-9-17)26-20-10-11-21(29-28-20)31-13-3-12-25-31/h1-13,15H,14H2,(H,26,28)(H,27,32). The fraction of sp³-hybridized carbons (Fsp3) is 0.0435. The van der Waals surface area contributed by atoms with Crippen molar-refractivity contribution in [2.45, 2.75) is 6.54 Å². The lowest BCUT2D eigenvalue weighted by atomic mass is 10.2. The van der Waals surface area contributed by atoms with Crippen molar-refractivity contribution in [1.82, 2.24) is 29.5 Å². The van der Waals surface area contributed by atoms with Crippen LogP contribution in [0.2, 0.25) is 0 Å². The molecule has 0 saturated carbocycles. The Kier molecular flexibility index (Phi) is 5.30. The van der Waals surface area contributed by atoms with Crippen molar-refractivity contribution < 1.29 is 4.79 Å². The van der Waals surface area contributed by atoms with E-state index in [4.69, 9.17) is 0 Å². The van der Waals surface area contributed by atoms with Gasteiger partial charge in [-0.25, -0.2) is 9.67 Å². The van der Waals surface area contributed by atoms with Gasteiger partial charge >= 0.3 is 0 Å². The van der Waals surface area contributed by atoms with Crippen LogP contribution < -0.4 is 16.2 Å². The third-order valence-corrected chi connectivity index (χ3v) is 4.88. The van der Waals surface area contributed by atoms with Crippen molar-refractivity contribution in [2.75, 3.05) is 10.6 Å². The highest BCUT2D eigenvalue weighted by Gasteiger charge is 2.09. The molecule has 3 heterocycles. The SMILES string of the molecule is O=C(Cn1cnc2ccccc2c1=O)Nc1ccc(Nc2ccc(-n3cccn3)nn2)cc1. The van der Waals surface area contributed by atoms with Crippen molar-refractivity contribution in [2.24, 2.45) is 0 Å². The molecule has 0 fully saturated rings. The maximum absolute atomic E-state index is 12.5. The molecule has 33 heavy (non-hydrogen) atoms. The molecule has 3 aromatic heterocycles. The number of nitrogens with one attached hydrogen (secondary N) is 2. The number of hydrogen-bond acceptors (Lipinski definition) is 7. The number of aromatic nitrogens is 6.